The van der Waals surface area contributed by atoms with Gasteiger partial charge in [0.2, 0.25) is 0 Å². The molecule has 7 nitrogen and oxygen atoms in total. The zero-order chi connectivity index (χ0) is 28.4. The maximum Gasteiger partial charge on any atom is 0.425 e. The van der Waals surface area contributed by atoms with Crippen LogP contribution in [-0.4, -0.2) is 73.8 Å². The van der Waals surface area contributed by atoms with E-state index in [1.165, 1.54) is 11.1 Å². The summed E-state index contributed by atoms with van der Waals surface area (Å²) < 4.78 is 57.3. The van der Waals surface area contributed by atoms with Crippen LogP contribution in [0.3, 0.4) is 0 Å². The molecule has 1 fully saturated rings. The maximum atomic E-state index is 13.6. The molecule has 0 aliphatic carbocycles. The van der Waals surface area contributed by atoms with Crippen molar-refractivity contribution in [1.82, 2.24) is 9.80 Å². The molecule has 2 aliphatic rings. The molecule has 1 aromatic carbocycles. The molecule has 212 valence electrons. The zero-order valence-corrected chi connectivity index (χ0v) is 23.3. The molecule has 0 radical (unpaired) electrons. The number of halogens is 3. The topological polar surface area (TPSA) is 68.3 Å². The van der Waals surface area contributed by atoms with E-state index >= 15 is 0 Å². The van der Waals surface area contributed by atoms with Crippen molar-refractivity contribution < 1.29 is 37.0 Å². The molecule has 1 saturated heterocycles. The van der Waals surface area contributed by atoms with E-state index < -0.39 is 28.5 Å². The highest BCUT2D eigenvalue weighted by molar-refractivity contribution is 7.13. The van der Waals surface area contributed by atoms with Crippen LogP contribution in [0.25, 0.3) is 5.57 Å². The van der Waals surface area contributed by atoms with Gasteiger partial charge in [0, 0.05) is 48.2 Å². The lowest BCUT2D eigenvalue weighted by molar-refractivity contribution is -0.140. The molecule has 2 aromatic rings. The van der Waals surface area contributed by atoms with Crippen LogP contribution in [0.1, 0.15) is 53.4 Å². The fraction of sp³-hybridized carbons (Fsp3) is 0.500. The molecular formula is C28H33F3N2O5S. The number of rotatable bonds is 7. The maximum absolute atomic E-state index is 13.6. The van der Waals surface area contributed by atoms with Crippen LogP contribution in [0.5, 0.6) is 5.75 Å². The van der Waals surface area contributed by atoms with Crippen molar-refractivity contribution in [1.29, 1.82) is 0 Å². The zero-order valence-electron chi connectivity index (χ0n) is 22.5. The smallest absolute Gasteiger partial charge is 0.425 e. The van der Waals surface area contributed by atoms with Crippen LogP contribution in [0, 0.1) is 0 Å². The Hall–Kier alpha value is -2.89. The number of carbonyl (C=O) groups excluding carboxylic acids is 2. The Bertz CT molecular complexity index is 1210. The monoisotopic (exact) mass is 566 g/mol. The van der Waals surface area contributed by atoms with E-state index in [-0.39, 0.29) is 22.9 Å². The highest BCUT2D eigenvalue weighted by Gasteiger charge is 2.41. The molecule has 1 amide bonds. The van der Waals surface area contributed by atoms with Crippen LogP contribution in [0.4, 0.5) is 13.2 Å². The van der Waals surface area contributed by atoms with Gasteiger partial charge in [0.1, 0.15) is 17.2 Å². The summed E-state index contributed by atoms with van der Waals surface area (Å²) in [6.45, 7) is 11.3. The average Bonchev–Trinajstić information content (AvgIpc) is 3.30. The number of benzene rings is 1. The van der Waals surface area contributed by atoms with Crippen molar-refractivity contribution >= 4 is 28.8 Å². The SMILES string of the molecule is CC(C)OC(=O)C1=CN(C(=O)c2ccc(OCCN3CCOCC3)cc2)CC(C)(C)c2cc(C(F)(F)F)sc21. The fourth-order valence-corrected chi connectivity index (χ4v) is 5.74. The lowest BCUT2D eigenvalue weighted by Crippen LogP contribution is -2.38. The molecule has 4 rings (SSSR count). The minimum Gasteiger partial charge on any atom is -0.492 e. The molecule has 3 heterocycles. The molecule has 0 unspecified atom stereocenters. The number of carbonyl (C=O) groups is 2. The Morgan fingerprint density at radius 3 is 2.41 bits per heavy atom. The summed E-state index contributed by atoms with van der Waals surface area (Å²) in [5.41, 5.74) is -0.225. The van der Waals surface area contributed by atoms with Crippen LogP contribution in [0.2, 0.25) is 0 Å². The van der Waals surface area contributed by atoms with Gasteiger partial charge >= 0.3 is 12.1 Å². The highest BCUT2D eigenvalue weighted by Crippen LogP contribution is 2.45. The molecule has 39 heavy (non-hydrogen) atoms. The third kappa shape index (κ3) is 7.01. The Labute approximate surface area is 230 Å². The second kappa shape index (κ2) is 11.7. The van der Waals surface area contributed by atoms with Crippen LogP contribution in [0.15, 0.2) is 36.5 Å². The van der Waals surface area contributed by atoms with E-state index in [1.807, 2.05) is 0 Å². The van der Waals surface area contributed by atoms with Crippen molar-refractivity contribution in [3.8, 4) is 5.75 Å². The average molecular weight is 567 g/mol. The molecule has 0 bridgehead atoms. The van der Waals surface area contributed by atoms with E-state index in [2.05, 4.69) is 4.90 Å². The van der Waals surface area contributed by atoms with E-state index in [4.69, 9.17) is 14.2 Å². The number of alkyl halides is 3. The highest BCUT2D eigenvalue weighted by atomic mass is 32.1. The lowest BCUT2D eigenvalue weighted by atomic mass is 9.84. The Morgan fingerprint density at radius 2 is 1.79 bits per heavy atom. The first-order chi connectivity index (χ1) is 18.3. The minimum atomic E-state index is -4.55. The number of hydrogen-bond acceptors (Lipinski definition) is 7. The summed E-state index contributed by atoms with van der Waals surface area (Å²) in [4.78, 5) is 29.6. The van der Waals surface area contributed by atoms with E-state index in [1.54, 1.807) is 52.0 Å². The number of morpholine rings is 1. The van der Waals surface area contributed by atoms with Gasteiger partial charge in [-0.05, 0) is 49.7 Å². The Morgan fingerprint density at radius 1 is 1.13 bits per heavy atom. The molecule has 0 atom stereocenters. The van der Waals surface area contributed by atoms with E-state index in [9.17, 15) is 22.8 Å². The van der Waals surface area contributed by atoms with Crippen LogP contribution >= 0.6 is 11.3 Å². The predicted octanol–water partition coefficient (Wildman–Crippen LogP) is 5.20. The molecule has 0 spiro atoms. The summed E-state index contributed by atoms with van der Waals surface area (Å²) in [5.74, 6) is -0.542. The lowest BCUT2D eigenvalue weighted by Gasteiger charge is -2.29. The quantitative estimate of drug-likeness (QED) is 0.429. The fourth-order valence-electron chi connectivity index (χ4n) is 4.53. The molecular weight excluding hydrogens is 533 g/mol. The van der Waals surface area contributed by atoms with E-state index in [0.717, 1.165) is 25.7 Å². The van der Waals surface area contributed by atoms with Gasteiger partial charge in [-0.25, -0.2) is 4.79 Å². The normalized spacial score (nSPS) is 17.8. The Kier molecular flexibility index (Phi) is 8.72. The van der Waals surface area contributed by atoms with Gasteiger partial charge in [-0.2, -0.15) is 13.2 Å². The van der Waals surface area contributed by atoms with Gasteiger partial charge in [0.15, 0.2) is 0 Å². The summed E-state index contributed by atoms with van der Waals surface area (Å²) in [7, 11) is 0. The van der Waals surface area contributed by atoms with Gasteiger partial charge in [0.25, 0.3) is 5.91 Å². The second-order valence-corrected chi connectivity index (χ2v) is 11.5. The first kappa shape index (κ1) is 29.1. The standard InChI is InChI=1S/C28H33F3N2O5S/c1-18(2)38-26(35)21-16-33(17-27(3,4)22-15-23(28(29,30)31)39-24(21)22)25(34)19-5-7-20(8-6-19)37-14-11-32-9-12-36-13-10-32/h5-8,15-16,18H,9-14,17H2,1-4H3. The number of esters is 1. The van der Waals surface area contributed by atoms with Crippen molar-refractivity contribution in [2.75, 3.05) is 46.0 Å². The second-order valence-electron chi connectivity index (χ2n) is 10.5. The number of nitrogens with zero attached hydrogens (tertiary/aromatic N) is 2. The number of thiophene rings is 1. The molecule has 0 N–H and O–H groups in total. The van der Waals surface area contributed by atoms with Gasteiger partial charge in [-0.3, -0.25) is 9.69 Å². The first-order valence-electron chi connectivity index (χ1n) is 12.8. The van der Waals surface area contributed by atoms with E-state index in [0.29, 0.717) is 48.0 Å². The van der Waals surface area contributed by atoms with Crippen molar-refractivity contribution in [2.24, 2.45) is 0 Å². The molecule has 2 aliphatic heterocycles. The summed E-state index contributed by atoms with van der Waals surface area (Å²) in [6, 6.07) is 7.77. The summed E-state index contributed by atoms with van der Waals surface area (Å²) in [5, 5.41) is 0. The van der Waals surface area contributed by atoms with Crippen molar-refractivity contribution in [3.63, 3.8) is 0 Å². The van der Waals surface area contributed by atoms with Gasteiger partial charge < -0.3 is 19.1 Å². The van der Waals surface area contributed by atoms with Crippen LogP contribution < -0.4 is 4.74 Å². The predicted molar refractivity (Wildman–Crippen MR) is 142 cm³/mol. The largest absolute Gasteiger partial charge is 0.492 e. The Balaban J connectivity index is 1.57. The van der Waals surface area contributed by atoms with Gasteiger partial charge in [-0.1, -0.05) is 13.8 Å². The minimum absolute atomic E-state index is 0.0683. The number of hydrogen-bond donors (Lipinski definition) is 0. The van der Waals surface area contributed by atoms with Crippen molar-refractivity contribution in [3.05, 3.63) is 57.4 Å². The number of ether oxygens (including phenoxy) is 3. The van der Waals surface area contributed by atoms with Gasteiger partial charge in [0.05, 0.1) is 24.9 Å². The third-order valence-corrected chi connectivity index (χ3v) is 7.75. The summed E-state index contributed by atoms with van der Waals surface area (Å²) in [6.07, 6.45) is -3.72. The van der Waals surface area contributed by atoms with Gasteiger partial charge in [-0.15, -0.1) is 11.3 Å². The number of amides is 1. The number of fused-ring (bicyclic) bond motifs is 1. The summed E-state index contributed by atoms with van der Waals surface area (Å²) >= 11 is 0.492. The van der Waals surface area contributed by atoms with Crippen molar-refractivity contribution in [2.45, 2.75) is 45.4 Å². The molecule has 0 saturated carbocycles. The van der Waals surface area contributed by atoms with Crippen LogP contribution in [-0.2, 0) is 25.9 Å². The molecule has 11 heteroatoms. The molecule has 1 aromatic heterocycles. The third-order valence-electron chi connectivity index (χ3n) is 6.54. The first-order valence-corrected chi connectivity index (χ1v) is 13.7.